The van der Waals surface area contributed by atoms with Gasteiger partial charge in [-0.25, -0.2) is 0 Å². The highest BCUT2D eigenvalue weighted by Gasteiger charge is 2.34. The van der Waals surface area contributed by atoms with Gasteiger partial charge in [-0.05, 0) is 42.2 Å². The van der Waals surface area contributed by atoms with E-state index in [1.807, 2.05) is 77.8 Å². The van der Waals surface area contributed by atoms with Gasteiger partial charge in [0.2, 0.25) is 11.8 Å². The van der Waals surface area contributed by atoms with Crippen LogP contribution in [0.4, 0.5) is 0 Å². The molecular weight excluding hydrogens is 464 g/mol. The van der Waals surface area contributed by atoms with E-state index in [1.54, 1.807) is 0 Å². The molecule has 0 atom stereocenters. The highest BCUT2D eigenvalue weighted by molar-refractivity contribution is 5.81. The molecule has 1 saturated carbocycles. The van der Waals surface area contributed by atoms with E-state index in [9.17, 15) is 9.59 Å². The maximum atomic E-state index is 12.2. The van der Waals surface area contributed by atoms with Crippen molar-refractivity contribution >= 4 is 11.8 Å². The number of rotatable bonds is 10. The largest absolute Gasteiger partial charge is 0.492 e. The molecule has 37 heavy (non-hydrogen) atoms. The molecule has 2 amide bonds. The van der Waals surface area contributed by atoms with E-state index >= 15 is 0 Å². The number of nitrogens with one attached hydrogen (secondary N) is 1. The second-order valence-electron chi connectivity index (χ2n) is 9.79. The van der Waals surface area contributed by atoms with Crippen LogP contribution in [-0.4, -0.2) is 65.9 Å². The van der Waals surface area contributed by atoms with E-state index in [4.69, 9.17) is 4.74 Å². The smallest absolute Gasteiger partial charge is 0.226 e. The van der Waals surface area contributed by atoms with Gasteiger partial charge in [0.15, 0.2) is 0 Å². The fraction of sp³-hybridized carbons (Fsp3) is 0.367. The summed E-state index contributed by atoms with van der Waals surface area (Å²) in [6.45, 7) is 5.49. The summed E-state index contributed by atoms with van der Waals surface area (Å²) in [7, 11) is 0. The summed E-state index contributed by atoms with van der Waals surface area (Å²) in [6, 6.07) is 21.8. The first-order valence-corrected chi connectivity index (χ1v) is 13.1. The van der Waals surface area contributed by atoms with Gasteiger partial charge in [-0.3, -0.25) is 19.5 Å². The molecule has 0 radical (unpaired) electrons. The van der Waals surface area contributed by atoms with Crippen molar-refractivity contribution in [2.24, 2.45) is 5.92 Å². The normalized spacial score (nSPS) is 15.8. The van der Waals surface area contributed by atoms with E-state index in [2.05, 4.69) is 15.2 Å². The molecule has 3 aromatic rings. The molecule has 1 saturated heterocycles. The number of benzene rings is 2. The molecule has 7 heteroatoms. The van der Waals surface area contributed by atoms with Crippen molar-refractivity contribution < 1.29 is 14.3 Å². The molecule has 192 valence electrons. The average molecular weight is 499 g/mol. The quantitative estimate of drug-likeness (QED) is 0.463. The van der Waals surface area contributed by atoms with Crippen LogP contribution in [0.25, 0.3) is 11.1 Å². The van der Waals surface area contributed by atoms with E-state index in [0.717, 1.165) is 73.7 Å². The zero-order valence-corrected chi connectivity index (χ0v) is 21.1. The summed E-state index contributed by atoms with van der Waals surface area (Å²) >= 11 is 0. The molecule has 2 aliphatic rings. The van der Waals surface area contributed by atoms with Crippen LogP contribution in [-0.2, 0) is 22.6 Å². The van der Waals surface area contributed by atoms with Crippen LogP contribution in [0.3, 0.4) is 0 Å². The van der Waals surface area contributed by atoms with E-state index in [-0.39, 0.29) is 12.3 Å². The van der Waals surface area contributed by atoms with E-state index in [0.29, 0.717) is 25.0 Å². The molecule has 0 bridgehead atoms. The van der Waals surface area contributed by atoms with Gasteiger partial charge in [0.05, 0.1) is 6.42 Å². The van der Waals surface area contributed by atoms with Crippen molar-refractivity contribution in [2.45, 2.75) is 25.8 Å². The van der Waals surface area contributed by atoms with Crippen LogP contribution >= 0.6 is 0 Å². The summed E-state index contributed by atoms with van der Waals surface area (Å²) in [5.41, 5.74) is 3.87. The fourth-order valence-electron chi connectivity index (χ4n) is 4.54. The van der Waals surface area contributed by atoms with Gasteiger partial charge in [0, 0.05) is 62.6 Å². The highest BCUT2D eigenvalue weighted by atomic mass is 16.5. The monoisotopic (exact) mass is 498 g/mol. The number of hydrogen-bond acceptors (Lipinski definition) is 5. The summed E-state index contributed by atoms with van der Waals surface area (Å²) in [5, 5.41) is 2.94. The van der Waals surface area contributed by atoms with E-state index < -0.39 is 0 Å². The Labute approximate surface area is 218 Å². The molecule has 0 spiro atoms. The molecule has 5 rings (SSSR count). The zero-order valence-electron chi connectivity index (χ0n) is 21.1. The van der Waals surface area contributed by atoms with Crippen LogP contribution in [0.1, 0.15) is 24.1 Å². The van der Waals surface area contributed by atoms with E-state index in [1.165, 1.54) is 0 Å². The third-order valence-electron chi connectivity index (χ3n) is 6.97. The summed E-state index contributed by atoms with van der Waals surface area (Å²) in [6.07, 6.45) is 4.21. The molecule has 2 heterocycles. The second kappa shape index (κ2) is 12.0. The number of piperazine rings is 1. The Morgan fingerprint density at radius 1 is 0.892 bits per heavy atom. The SMILES string of the molecule is O=C(Cc1ccc(-c2ccc(OCCN3CCN(C(=O)C4CC4)CC3)cc2)cn1)NCc1ccccc1. The molecule has 1 aromatic heterocycles. The molecule has 1 N–H and O–H groups in total. The van der Waals surface area contributed by atoms with Gasteiger partial charge in [-0.2, -0.15) is 0 Å². The zero-order chi connectivity index (χ0) is 25.5. The third-order valence-corrected chi connectivity index (χ3v) is 6.97. The standard InChI is InChI=1S/C30H34N4O3/c35-29(32-21-23-4-2-1-3-5-23)20-27-11-8-26(22-31-27)24-9-12-28(13-10-24)37-19-18-33-14-16-34(17-15-33)30(36)25-6-7-25/h1-5,8-13,22,25H,6-7,14-21H2,(H,32,35). The number of carbonyl (C=O) groups excluding carboxylic acids is 2. The first kappa shape index (κ1) is 25.0. The molecule has 1 aliphatic carbocycles. The lowest BCUT2D eigenvalue weighted by Gasteiger charge is -2.34. The second-order valence-corrected chi connectivity index (χ2v) is 9.79. The molecule has 1 aliphatic heterocycles. The number of amides is 2. The Hall–Kier alpha value is -3.71. The Balaban J connectivity index is 1.03. The number of carbonyl (C=O) groups is 2. The minimum absolute atomic E-state index is 0.0424. The third kappa shape index (κ3) is 7.17. The van der Waals surface area contributed by atoms with Gasteiger partial charge in [-0.15, -0.1) is 0 Å². The molecule has 7 nitrogen and oxygen atoms in total. The predicted octanol–water partition coefficient (Wildman–Crippen LogP) is 3.54. The maximum absolute atomic E-state index is 12.2. The molecule has 2 fully saturated rings. The Morgan fingerprint density at radius 3 is 2.30 bits per heavy atom. The molecule has 0 unspecified atom stereocenters. The van der Waals surface area contributed by atoms with Crippen LogP contribution in [0.5, 0.6) is 5.75 Å². The van der Waals surface area contributed by atoms with Gasteiger partial charge in [0.25, 0.3) is 0 Å². The fourth-order valence-corrected chi connectivity index (χ4v) is 4.54. The lowest BCUT2D eigenvalue weighted by molar-refractivity contribution is -0.134. The number of aromatic nitrogens is 1. The van der Waals surface area contributed by atoms with Crippen molar-refractivity contribution in [1.82, 2.24) is 20.1 Å². The lowest BCUT2D eigenvalue weighted by Crippen LogP contribution is -2.50. The molecular formula is C30H34N4O3. The van der Waals surface area contributed by atoms with Gasteiger partial charge in [-0.1, -0.05) is 48.5 Å². The van der Waals surface area contributed by atoms with Gasteiger partial charge < -0.3 is 15.0 Å². The average Bonchev–Trinajstić information content (AvgIpc) is 3.79. The predicted molar refractivity (Wildman–Crippen MR) is 143 cm³/mol. The number of nitrogens with zero attached hydrogens (tertiary/aromatic N) is 3. The van der Waals surface area contributed by atoms with Crippen LogP contribution in [0.2, 0.25) is 0 Å². The van der Waals surface area contributed by atoms with Crippen molar-refractivity contribution in [1.29, 1.82) is 0 Å². The van der Waals surface area contributed by atoms with Gasteiger partial charge in [0.1, 0.15) is 12.4 Å². The van der Waals surface area contributed by atoms with Crippen molar-refractivity contribution in [2.75, 3.05) is 39.3 Å². The Kier molecular flexibility index (Phi) is 8.11. The number of hydrogen-bond donors (Lipinski definition) is 1. The van der Waals surface area contributed by atoms with Gasteiger partial charge >= 0.3 is 0 Å². The summed E-state index contributed by atoms with van der Waals surface area (Å²) in [4.78, 5) is 33.3. The maximum Gasteiger partial charge on any atom is 0.226 e. The van der Waals surface area contributed by atoms with Crippen LogP contribution in [0, 0.1) is 5.92 Å². The Bertz CT molecular complexity index is 1170. The number of pyridine rings is 1. The highest BCUT2D eigenvalue weighted by Crippen LogP contribution is 2.31. The minimum Gasteiger partial charge on any atom is -0.492 e. The first-order chi connectivity index (χ1) is 18.1. The van der Waals surface area contributed by atoms with Crippen molar-refractivity contribution in [3.8, 4) is 16.9 Å². The topological polar surface area (TPSA) is 74.8 Å². The van der Waals surface area contributed by atoms with Crippen LogP contribution in [0.15, 0.2) is 72.9 Å². The lowest BCUT2D eigenvalue weighted by atomic mass is 10.1. The van der Waals surface area contributed by atoms with Crippen molar-refractivity contribution in [3.63, 3.8) is 0 Å². The van der Waals surface area contributed by atoms with Crippen LogP contribution < -0.4 is 10.1 Å². The first-order valence-electron chi connectivity index (χ1n) is 13.1. The number of ether oxygens (including phenoxy) is 1. The Morgan fingerprint density at radius 2 is 1.62 bits per heavy atom. The molecule has 2 aromatic carbocycles. The van der Waals surface area contributed by atoms with Crippen molar-refractivity contribution in [3.05, 3.63) is 84.2 Å². The minimum atomic E-state index is -0.0424. The summed E-state index contributed by atoms with van der Waals surface area (Å²) in [5.74, 6) is 1.46. The summed E-state index contributed by atoms with van der Waals surface area (Å²) < 4.78 is 5.96.